The van der Waals surface area contributed by atoms with Crippen molar-refractivity contribution >= 4 is 11.8 Å². The van der Waals surface area contributed by atoms with Crippen LogP contribution in [-0.4, -0.2) is 38.0 Å². The van der Waals surface area contributed by atoms with Crippen LogP contribution in [0.25, 0.3) is 22.4 Å². The molecule has 1 atom stereocenters. The Labute approximate surface area is 166 Å². The lowest BCUT2D eigenvalue weighted by atomic mass is 9.98. The van der Waals surface area contributed by atoms with Crippen LogP contribution in [0.2, 0.25) is 0 Å². The van der Waals surface area contributed by atoms with E-state index in [1.807, 2.05) is 12.1 Å². The summed E-state index contributed by atoms with van der Waals surface area (Å²) in [7, 11) is 0. The van der Waals surface area contributed by atoms with Gasteiger partial charge in [0.1, 0.15) is 17.6 Å². The Kier molecular flexibility index (Phi) is 4.67. The highest BCUT2D eigenvalue weighted by atomic mass is 19.1. The van der Waals surface area contributed by atoms with E-state index in [0.717, 1.165) is 11.1 Å². The van der Waals surface area contributed by atoms with Gasteiger partial charge in [-0.15, -0.1) is 0 Å². The van der Waals surface area contributed by atoms with Crippen LogP contribution in [0.1, 0.15) is 11.7 Å². The van der Waals surface area contributed by atoms with Crippen LogP contribution in [0, 0.1) is 5.82 Å². The average Bonchev–Trinajstić information content (AvgIpc) is 3.12. The van der Waals surface area contributed by atoms with Gasteiger partial charge < -0.3 is 10.6 Å². The summed E-state index contributed by atoms with van der Waals surface area (Å²) in [6.07, 6.45) is 4.50. The number of nitrogens with zero attached hydrogens (tertiary/aromatic N) is 4. The lowest BCUT2D eigenvalue weighted by molar-refractivity contribution is -0.130. The molecule has 4 rings (SSSR count). The number of hydrogen-bond donors (Lipinski definition) is 1. The monoisotopic (exact) mass is 391 g/mol. The zero-order valence-corrected chi connectivity index (χ0v) is 15.5. The summed E-state index contributed by atoms with van der Waals surface area (Å²) in [5, 5.41) is 4.66. The highest BCUT2D eigenvalue weighted by Crippen LogP contribution is 2.38. The van der Waals surface area contributed by atoms with E-state index in [9.17, 15) is 14.0 Å². The molecular weight excluding hydrogens is 373 g/mol. The van der Waals surface area contributed by atoms with Crippen molar-refractivity contribution in [3.63, 3.8) is 0 Å². The number of carbonyl (C=O) groups excluding carboxylic acids is 2. The number of primary amides is 1. The van der Waals surface area contributed by atoms with E-state index in [2.05, 4.69) is 16.7 Å². The molecule has 146 valence electrons. The maximum Gasteiger partial charge on any atom is 0.246 e. The van der Waals surface area contributed by atoms with Gasteiger partial charge in [0.25, 0.3) is 0 Å². The SMILES string of the molecule is C=CC(=O)N1Cc2c(-c3ccncc3)c(-c3ccc(F)cc3)nn2[C@@H](C(N)=O)C1. The second-order valence-electron chi connectivity index (χ2n) is 6.70. The summed E-state index contributed by atoms with van der Waals surface area (Å²) in [5.41, 5.74) is 9.10. The molecule has 1 aliphatic heterocycles. The molecule has 0 aliphatic carbocycles. The van der Waals surface area contributed by atoms with Crippen molar-refractivity contribution in [1.82, 2.24) is 19.7 Å². The minimum Gasteiger partial charge on any atom is -0.368 e. The molecule has 3 heterocycles. The van der Waals surface area contributed by atoms with Crippen LogP contribution >= 0.6 is 0 Å². The smallest absolute Gasteiger partial charge is 0.246 e. The molecule has 0 unspecified atom stereocenters. The van der Waals surface area contributed by atoms with E-state index >= 15 is 0 Å². The van der Waals surface area contributed by atoms with Gasteiger partial charge in [-0.25, -0.2) is 4.39 Å². The van der Waals surface area contributed by atoms with Crippen molar-refractivity contribution < 1.29 is 14.0 Å². The van der Waals surface area contributed by atoms with Gasteiger partial charge in [-0.1, -0.05) is 6.58 Å². The Morgan fingerprint density at radius 2 is 1.83 bits per heavy atom. The van der Waals surface area contributed by atoms with Gasteiger partial charge >= 0.3 is 0 Å². The van der Waals surface area contributed by atoms with Gasteiger partial charge in [-0.2, -0.15) is 5.10 Å². The molecule has 2 aromatic heterocycles. The number of aromatic nitrogens is 3. The lowest BCUT2D eigenvalue weighted by Crippen LogP contribution is -2.45. The van der Waals surface area contributed by atoms with Crippen molar-refractivity contribution in [2.45, 2.75) is 12.6 Å². The Morgan fingerprint density at radius 3 is 2.45 bits per heavy atom. The summed E-state index contributed by atoms with van der Waals surface area (Å²) in [6, 6.07) is 8.77. The first-order valence-electron chi connectivity index (χ1n) is 8.98. The second-order valence-corrected chi connectivity index (χ2v) is 6.70. The summed E-state index contributed by atoms with van der Waals surface area (Å²) >= 11 is 0. The summed E-state index contributed by atoms with van der Waals surface area (Å²) < 4.78 is 15.0. The topological polar surface area (TPSA) is 94.1 Å². The van der Waals surface area contributed by atoms with Crippen LogP contribution in [0.5, 0.6) is 0 Å². The van der Waals surface area contributed by atoms with Crippen molar-refractivity contribution in [2.24, 2.45) is 5.73 Å². The molecule has 2 amide bonds. The van der Waals surface area contributed by atoms with Gasteiger partial charge in [0, 0.05) is 23.5 Å². The van der Waals surface area contributed by atoms with E-state index in [4.69, 9.17) is 5.73 Å². The van der Waals surface area contributed by atoms with E-state index in [1.54, 1.807) is 29.2 Å². The predicted octanol–water partition coefficient (Wildman–Crippen LogP) is 2.31. The number of benzene rings is 1. The molecule has 7 nitrogen and oxygen atoms in total. The minimum absolute atomic E-state index is 0.105. The molecule has 0 bridgehead atoms. The van der Waals surface area contributed by atoms with Gasteiger partial charge in [0.15, 0.2) is 0 Å². The Hall–Kier alpha value is -3.81. The molecule has 29 heavy (non-hydrogen) atoms. The van der Waals surface area contributed by atoms with Crippen LogP contribution < -0.4 is 5.73 Å². The van der Waals surface area contributed by atoms with Gasteiger partial charge in [-0.3, -0.25) is 19.3 Å². The Morgan fingerprint density at radius 1 is 1.14 bits per heavy atom. The maximum absolute atomic E-state index is 13.5. The number of pyridine rings is 1. The number of fused-ring (bicyclic) bond motifs is 1. The van der Waals surface area contributed by atoms with Gasteiger partial charge in [0.05, 0.1) is 18.8 Å². The van der Waals surface area contributed by atoms with Crippen LogP contribution in [0.4, 0.5) is 4.39 Å². The van der Waals surface area contributed by atoms with E-state index in [1.165, 1.54) is 23.1 Å². The highest BCUT2D eigenvalue weighted by molar-refractivity contribution is 5.90. The van der Waals surface area contributed by atoms with Crippen molar-refractivity contribution in [2.75, 3.05) is 6.54 Å². The molecule has 3 aromatic rings. The number of rotatable bonds is 4. The number of halogens is 1. The zero-order chi connectivity index (χ0) is 20.5. The van der Waals surface area contributed by atoms with Crippen LogP contribution in [0.15, 0.2) is 61.4 Å². The lowest BCUT2D eigenvalue weighted by Gasteiger charge is -2.32. The molecule has 0 saturated heterocycles. The fraction of sp³-hybridized carbons (Fsp3) is 0.143. The Balaban J connectivity index is 1.97. The number of nitrogens with two attached hydrogens (primary N) is 1. The molecule has 0 radical (unpaired) electrons. The first-order valence-corrected chi connectivity index (χ1v) is 8.98. The normalized spacial score (nSPS) is 15.6. The quantitative estimate of drug-likeness (QED) is 0.691. The van der Waals surface area contributed by atoms with Gasteiger partial charge in [-0.05, 0) is 48.0 Å². The third-order valence-corrected chi connectivity index (χ3v) is 4.94. The van der Waals surface area contributed by atoms with Gasteiger partial charge in [0.2, 0.25) is 11.8 Å². The fourth-order valence-corrected chi connectivity index (χ4v) is 3.55. The third kappa shape index (κ3) is 3.29. The minimum atomic E-state index is -0.822. The maximum atomic E-state index is 13.5. The molecule has 0 spiro atoms. The summed E-state index contributed by atoms with van der Waals surface area (Å²) in [6.45, 7) is 3.87. The van der Waals surface area contributed by atoms with Crippen molar-refractivity contribution in [1.29, 1.82) is 0 Å². The number of hydrogen-bond acceptors (Lipinski definition) is 4. The first-order chi connectivity index (χ1) is 14.0. The Bertz CT molecular complexity index is 1090. The molecule has 2 N–H and O–H groups in total. The largest absolute Gasteiger partial charge is 0.368 e. The summed E-state index contributed by atoms with van der Waals surface area (Å²) in [4.78, 5) is 30.0. The molecule has 0 fully saturated rings. The van der Waals surface area contributed by atoms with Crippen LogP contribution in [-0.2, 0) is 16.1 Å². The number of amides is 2. The summed E-state index contributed by atoms with van der Waals surface area (Å²) in [5.74, 6) is -1.25. The first kappa shape index (κ1) is 18.5. The van der Waals surface area contributed by atoms with E-state index < -0.39 is 11.9 Å². The van der Waals surface area contributed by atoms with Crippen molar-refractivity contribution in [3.05, 3.63) is 73.0 Å². The highest BCUT2D eigenvalue weighted by Gasteiger charge is 2.35. The third-order valence-electron chi connectivity index (χ3n) is 4.94. The standard InChI is InChI=1S/C21H18FN5O2/c1-2-18(28)26-11-16-19(13-7-9-24-10-8-13)20(14-3-5-15(22)6-4-14)25-27(16)17(12-26)21(23)29/h2-10,17H,1,11-12H2,(H2,23,29)/t17-/m1/s1. The van der Waals surface area contributed by atoms with E-state index in [0.29, 0.717) is 17.0 Å². The zero-order valence-electron chi connectivity index (χ0n) is 15.5. The van der Waals surface area contributed by atoms with Crippen molar-refractivity contribution in [3.8, 4) is 22.4 Å². The molecule has 1 aromatic carbocycles. The molecule has 1 aliphatic rings. The molecule has 0 saturated carbocycles. The van der Waals surface area contributed by atoms with E-state index in [-0.39, 0.29) is 24.8 Å². The van der Waals surface area contributed by atoms with Crippen LogP contribution in [0.3, 0.4) is 0 Å². The second kappa shape index (κ2) is 7.31. The average molecular weight is 391 g/mol. The number of carbonyl (C=O) groups is 2. The molecular formula is C21H18FN5O2. The fourth-order valence-electron chi connectivity index (χ4n) is 3.55. The molecule has 8 heteroatoms. The predicted molar refractivity (Wildman–Crippen MR) is 105 cm³/mol.